The molecule has 0 aliphatic rings. The SMILES string of the molecule is CCCC/C(F)=C(/C)C(=O)Oc1c(Cl)c(Cl)c(Cl)c(Cl)c1Cl. The fourth-order valence-electron chi connectivity index (χ4n) is 1.47. The molecule has 0 fully saturated rings. The number of esters is 1. The summed E-state index contributed by atoms with van der Waals surface area (Å²) in [5.41, 5.74) is -0.164. The molecule has 8 heteroatoms. The van der Waals surface area contributed by atoms with Gasteiger partial charge in [0.2, 0.25) is 0 Å². The van der Waals surface area contributed by atoms with Crippen LogP contribution in [0.25, 0.3) is 0 Å². The minimum Gasteiger partial charge on any atom is -0.420 e. The third-order valence-corrected chi connectivity index (χ3v) is 5.07. The first-order chi connectivity index (χ1) is 10.2. The minimum absolute atomic E-state index is 0.0560. The number of allylic oxidation sites excluding steroid dienone is 1. The van der Waals surface area contributed by atoms with Crippen LogP contribution in [0.4, 0.5) is 4.39 Å². The van der Waals surface area contributed by atoms with Crippen molar-refractivity contribution in [1.29, 1.82) is 0 Å². The van der Waals surface area contributed by atoms with Gasteiger partial charge in [-0.3, -0.25) is 0 Å². The lowest BCUT2D eigenvalue weighted by atomic mass is 10.1. The van der Waals surface area contributed by atoms with Crippen LogP contribution < -0.4 is 4.74 Å². The van der Waals surface area contributed by atoms with E-state index in [1.54, 1.807) is 0 Å². The number of rotatable bonds is 5. The summed E-state index contributed by atoms with van der Waals surface area (Å²) < 4.78 is 18.8. The van der Waals surface area contributed by atoms with Crippen molar-refractivity contribution in [2.24, 2.45) is 0 Å². The van der Waals surface area contributed by atoms with Gasteiger partial charge in [0.25, 0.3) is 0 Å². The average Bonchev–Trinajstić information content (AvgIpc) is 2.51. The van der Waals surface area contributed by atoms with Crippen molar-refractivity contribution in [3.8, 4) is 5.75 Å². The Kier molecular flexibility index (Phi) is 7.76. The molecule has 0 N–H and O–H groups in total. The first-order valence-corrected chi connectivity index (χ1v) is 8.20. The highest BCUT2D eigenvalue weighted by molar-refractivity contribution is 6.55. The largest absolute Gasteiger partial charge is 0.420 e. The van der Waals surface area contributed by atoms with Crippen molar-refractivity contribution < 1.29 is 13.9 Å². The summed E-state index contributed by atoms with van der Waals surface area (Å²) in [6.45, 7) is 3.23. The molecule has 0 spiro atoms. The second-order valence-corrected chi connectivity index (χ2v) is 6.31. The predicted molar refractivity (Wildman–Crippen MR) is 90.5 cm³/mol. The normalized spacial score (nSPS) is 12.2. The van der Waals surface area contributed by atoms with Crippen LogP contribution in [0, 0.1) is 0 Å². The molecule has 0 radical (unpaired) electrons. The number of hydrogen-bond acceptors (Lipinski definition) is 2. The molecule has 0 amide bonds. The Morgan fingerprint density at radius 1 is 1.00 bits per heavy atom. The van der Waals surface area contributed by atoms with Gasteiger partial charge in [0, 0.05) is 0 Å². The van der Waals surface area contributed by atoms with Crippen LogP contribution in [-0.4, -0.2) is 5.97 Å². The summed E-state index contributed by atoms with van der Waals surface area (Å²) in [5, 5.41) is -0.603. The van der Waals surface area contributed by atoms with Crippen LogP contribution in [0.3, 0.4) is 0 Å². The average molecular weight is 409 g/mol. The van der Waals surface area contributed by atoms with Gasteiger partial charge in [0.15, 0.2) is 5.75 Å². The highest BCUT2D eigenvalue weighted by Gasteiger charge is 2.24. The van der Waals surface area contributed by atoms with Crippen molar-refractivity contribution in [3.05, 3.63) is 36.5 Å². The van der Waals surface area contributed by atoms with Gasteiger partial charge in [0.05, 0.1) is 20.6 Å². The Labute approximate surface area is 153 Å². The van der Waals surface area contributed by atoms with Gasteiger partial charge in [-0.2, -0.15) is 0 Å². The van der Waals surface area contributed by atoms with E-state index in [9.17, 15) is 9.18 Å². The lowest BCUT2D eigenvalue weighted by Crippen LogP contribution is -2.11. The fourth-order valence-corrected chi connectivity index (χ4v) is 2.67. The summed E-state index contributed by atoms with van der Waals surface area (Å²) in [6, 6.07) is 0. The van der Waals surface area contributed by atoms with E-state index in [2.05, 4.69) is 0 Å². The van der Waals surface area contributed by atoms with Gasteiger partial charge in [-0.1, -0.05) is 71.3 Å². The first-order valence-electron chi connectivity index (χ1n) is 6.31. The number of carbonyl (C=O) groups excluding carboxylic acids is 1. The van der Waals surface area contributed by atoms with Crippen LogP contribution in [0.2, 0.25) is 25.1 Å². The smallest absolute Gasteiger partial charge is 0.341 e. The van der Waals surface area contributed by atoms with Gasteiger partial charge in [-0.25, -0.2) is 9.18 Å². The van der Waals surface area contributed by atoms with Gasteiger partial charge >= 0.3 is 5.97 Å². The van der Waals surface area contributed by atoms with Gasteiger partial charge in [0.1, 0.15) is 15.9 Å². The quantitative estimate of drug-likeness (QED) is 0.168. The van der Waals surface area contributed by atoms with E-state index in [4.69, 9.17) is 62.7 Å². The molecule has 2 nitrogen and oxygen atoms in total. The van der Waals surface area contributed by atoms with Crippen LogP contribution in [0.5, 0.6) is 5.75 Å². The Bertz CT molecular complexity index is 599. The van der Waals surface area contributed by atoms with E-state index in [0.29, 0.717) is 6.42 Å². The molecular formula is C14H12Cl5FO2. The Morgan fingerprint density at radius 2 is 1.45 bits per heavy atom. The zero-order valence-electron chi connectivity index (χ0n) is 11.7. The highest BCUT2D eigenvalue weighted by atomic mass is 35.5. The van der Waals surface area contributed by atoms with E-state index in [1.165, 1.54) is 6.92 Å². The molecule has 0 atom stereocenters. The van der Waals surface area contributed by atoms with E-state index >= 15 is 0 Å². The minimum atomic E-state index is -0.924. The molecule has 0 unspecified atom stereocenters. The molecule has 0 aromatic heterocycles. The van der Waals surface area contributed by atoms with Crippen molar-refractivity contribution in [3.63, 3.8) is 0 Å². The number of hydrogen-bond donors (Lipinski definition) is 0. The van der Waals surface area contributed by atoms with E-state index in [-0.39, 0.29) is 42.9 Å². The zero-order chi connectivity index (χ0) is 17.0. The van der Waals surface area contributed by atoms with Crippen molar-refractivity contribution >= 4 is 64.0 Å². The molecular weight excluding hydrogens is 396 g/mol. The highest BCUT2D eigenvalue weighted by Crippen LogP contribution is 2.48. The lowest BCUT2D eigenvalue weighted by Gasteiger charge is -2.13. The molecule has 1 aromatic rings. The molecule has 22 heavy (non-hydrogen) atoms. The van der Waals surface area contributed by atoms with E-state index in [1.807, 2.05) is 6.92 Å². The van der Waals surface area contributed by atoms with E-state index in [0.717, 1.165) is 6.42 Å². The molecule has 0 saturated heterocycles. The number of benzene rings is 1. The van der Waals surface area contributed by atoms with Crippen LogP contribution in [-0.2, 0) is 4.79 Å². The summed E-state index contributed by atoms with van der Waals surface area (Å²) >= 11 is 29.4. The fraction of sp³-hybridized carbons (Fsp3) is 0.357. The Morgan fingerprint density at radius 3 is 1.91 bits per heavy atom. The topological polar surface area (TPSA) is 26.3 Å². The number of carbonyl (C=O) groups is 1. The van der Waals surface area contributed by atoms with Gasteiger partial charge in [-0.15, -0.1) is 0 Å². The lowest BCUT2D eigenvalue weighted by molar-refractivity contribution is -0.130. The second-order valence-electron chi connectivity index (χ2n) is 4.42. The first kappa shape index (κ1) is 19.9. The van der Waals surface area contributed by atoms with Crippen molar-refractivity contribution in [2.45, 2.75) is 33.1 Å². The number of halogens is 6. The predicted octanol–water partition coefficient (Wildman–Crippen LogP) is 7.29. The maximum absolute atomic E-state index is 13.8. The monoisotopic (exact) mass is 406 g/mol. The van der Waals surface area contributed by atoms with E-state index < -0.39 is 11.8 Å². The number of ether oxygens (including phenoxy) is 1. The maximum atomic E-state index is 13.8. The summed E-state index contributed by atoms with van der Waals surface area (Å²) in [5.74, 6) is -1.73. The molecule has 1 aromatic carbocycles. The third kappa shape index (κ3) is 4.42. The van der Waals surface area contributed by atoms with Crippen LogP contribution >= 0.6 is 58.0 Å². The summed E-state index contributed by atoms with van der Waals surface area (Å²) in [6.07, 6.45) is 1.58. The zero-order valence-corrected chi connectivity index (χ0v) is 15.5. The van der Waals surface area contributed by atoms with Crippen molar-refractivity contribution in [2.75, 3.05) is 0 Å². The standard InChI is InChI=1S/C14H12Cl5FO2/c1-3-4-5-7(20)6(2)14(21)22-13-11(18)9(16)8(15)10(17)12(13)19/h3-5H2,1-2H3/b7-6+. The third-order valence-electron chi connectivity index (χ3n) is 2.83. The van der Waals surface area contributed by atoms with Crippen LogP contribution in [0.1, 0.15) is 33.1 Å². The molecule has 0 saturated carbocycles. The molecule has 0 aliphatic heterocycles. The second kappa shape index (κ2) is 8.60. The van der Waals surface area contributed by atoms with Crippen molar-refractivity contribution in [1.82, 2.24) is 0 Å². The Balaban J connectivity index is 3.13. The molecule has 0 aliphatic carbocycles. The molecule has 0 bridgehead atoms. The molecule has 0 heterocycles. The number of unbranched alkanes of at least 4 members (excludes halogenated alkanes) is 1. The molecule has 122 valence electrons. The Hall–Kier alpha value is -0.190. The summed E-state index contributed by atoms with van der Waals surface area (Å²) in [4.78, 5) is 12.0. The van der Waals surface area contributed by atoms with Gasteiger partial charge < -0.3 is 4.74 Å². The van der Waals surface area contributed by atoms with Gasteiger partial charge in [-0.05, 0) is 19.8 Å². The molecule has 1 rings (SSSR count). The van der Waals surface area contributed by atoms with Crippen LogP contribution in [0.15, 0.2) is 11.4 Å². The maximum Gasteiger partial charge on any atom is 0.341 e. The summed E-state index contributed by atoms with van der Waals surface area (Å²) in [7, 11) is 0.